The molecule has 0 unspecified atom stereocenters. The summed E-state index contributed by atoms with van der Waals surface area (Å²) in [6.07, 6.45) is 2.40. The number of anilines is 4. The third-order valence-electron chi connectivity index (χ3n) is 4.24. The van der Waals surface area contributed by atoms with E-state index >= 15 is 0 Å². The van der Waals surface area contributed by atoms with Gasteiger partial charge in [0.25, 0.3) is 0 Å². The fourth-order valence-corrected chi connectivity index (χ4v) is 2.53. The number of nitrogens with zero attached hydrogens (tertiary/aromatic N) is 5. The molecule has 23 heavy (non-hydrogen) atoms. The van der Waals surface area contributed by atoms with Gasteiger partial charge in [-0.2, -0.15) is 15.0 Å². The first-order valence-corrected chi connectivity index (χ1v) is 7.99. The van der Waals surface area contributed by atoms with Gasteiger partial charge in [-0.05, 0) is 37.1 Å². The predicted molar refractivity (Wildman–Crippen MR) is 89.8 cm³/mol. The van der Waals surface area contributed by atoms with E-state index in [9.17, 15) is 0 Å². The van der Waals surface area contributed by atoms with Gasteiger partial charge in [0.2, 0.25) is 17.8 Å². The van der Waals surface area contributed by atoms with Crippen LogP contribution in [0.1, 0.15) is 12.8 Å². The molecule has 0 atom stereocenters. The molecule has 2 aliphatic heterocycles. The molecule has 2 saturated heterocycles. The van der Waals surface area contributed by atoms with Crippen molar-refractivity contribution in [3.63, 3.8) is 0 Å². The summed E-state index contributed by atoms with van der Waals surface area (Å²) in [7, 11) is 1.66. The van der Waals surface area contributed by atoms with Crippen molar-refractivity contribution >= 4 is 23.5 Å². The van der Waals surface area contributed by atoms with Gasteiger partial charge in [-0.3, -0.25) is 0 Å². The van der Waals surface area contributed by atoms with Crippen molar-refractivity contribution in [2.75, 3.05) is 48.4 Å². The number of aromatic nitrogens is 3. The average Bonchev–Trinajstić information content (AvgIpc) is 2.44. The van der Waals surface area contributed by atoms with Crippen LogP contribution in [0.5, 0.6) is 5.75 Å². The van der Waals surface area contributed by atoms with Gasteiger partial charge < -0.3 is 19.9 Å². The molecule has 0 aliphatic carbocycles. The molecule has 1 aromatic carbocycles. The Balaban J connectivity index is 1.60. The maximum atomic E-state index is 5.18. The lowest BCUT2D eigenvalue weighted by Gasteiger charge is -2.34. The number of rotatable bonds is 5. The van der Waals surface area contributed by atoms with Crippen LogP contribution in [-0.2, 0) is 0 Å². The van der Waals surface area contributed by atoms with Crippen LogP contribution in [0.15, 0.2) is 24.3 Å². The highest BCUT2D eigenvalue weighted by Gasteiger charge is 2.23. The van der Waals surface area contributed by atoms with E-state index in [-0.39, 0.29) is 0 Å². The topological polar surface area (TPSA) is 66.4 Å². The number of hydrogen-bond donors (Lipinski definition) is 1. The summed E-state index contributed by atoms with van der Waals surface area (Å²) in [5, 5.41) is 3.27. The molecule has 1 N–H and O–H groups in total. The molecule has 2 fully saturated rings. The summed E-state index contributed by atoms with van der Waals surface area (Å²) in [6, 6.07) is 7.73. The summed E-state index contributed by atoms with van der Waals surface area (Å²) in [6.45, 7) is 4.08. The first kappa shape index (κ1) is 14.0. The first-order valence-electron chi connectivity index (χ1n) is 7.99. The van der Waals surface area contributed by atoms with E-state index in [2.05, 4.69) is 30.1 Å². The number of hydrogen-bond acceptors (Lipinski definition) is 7. The van der Waals surface area contributed by atoms with Gasteiger partial charge in [0.05, 0.1) is 7.11 Å². The highest BCUT2D eigenvalue weighted by molar-refractivity contribution is 5.57. The largest absolute Gasteiger partial charge is 0.497 e. The van der Waals surface area contributed by atoms with Crippen molar-refractivity contribution in [1.29, 1.82) is 0 Å². The summed E-state index contributed by atoms with van der Waals surface area (Å²) in [5.41, 5.74) is 0.932. The van der Waals surface area contributed by atoms with Gasteiger partial charge in [-0.25, -0.2) is 0 Å². The van der Waals surface area contributed by atoms with Crippen molar-refractivity contribution < 1.29 is 4.74 Å². The smallest absolute Gasteiger partial charge is 0.233 e. The zero-order chi connectivity index (χ0) is 15.6. The van der Waals surface area contributed by atoms with Crippen molar-refractivity contribution in [3.05, 3.63) is 24.3 Å². The van der Waals surface area contributed by atoms with E-state index in [4.69, 9.17) is 4.74 Å². The van der Waals surface area contributed by atoms with Crippen LogP contribution in [0, 0.1) is 0 Å². The van der Waals surface area contributed by atoms with Crippen LogP contribution in [0.3, 0.4) is 0 Å². The number of nitrogens with one attached hydrogen (secondary N) is 1. The second-order valence-corrected chi connectivity index (χ2v) is 5.79. The summed E-state index contributed by atoms with van der Waals surface area (Å²) >= 11 is 0. The Morgan fingerprint density at radius 2 is 1.43 bits per heavy atom. The molecule has 0 bridgehead atoms. The van der Waals surface area contributed by atoms with Gasteiger partial charge in [-0.15, -0.1) is 0 Å². The lowest BCUT2D eigenvalue weighted by atomic mass is 10.2. The minimum Gasteiger partial charge on any atom is -0.497 e. The van der Waals surface area contributed by atoms with E-state index in [0.717, 1.165) is 49.5 Å². The van der Waals surface area contributed by atoms with E-state index in [1.807, 2.05) is 24.3 Å². The highest BCUT2D eigenvalue weighted by Crippen LogP contribution is 2.25. The minimum atomic E-state index is 0.592. The fourth-order valence-electron chi connectivity index (χ4n) is 2.53. The summed E-state index contributed by atoms with van der Waals surface area (Å²) < 4.78 is 5.18. The lowest BCUT2D eigenvalue weighted by Crippen LogP contribution is -2.41. The van der Waals surface area contributed by atoms with E-state index in [1.165, 1.54) is 12.8 Å². The van der Waals surface area contributed by atoms with E-state index in [0.29, 0.717) is 5.95 Å². The normalized spacial score (nSPS) is 16.6. The minimum absolute atomic E-state index is 0.592. The third kappa shape index (κ3) is 2.86. The average molecular weight is 312 g/mol. The molecule has 7 nitrogen and oxygen atoms in total. The van der Waals surface area contributed by atoms with Gasteiger partial charge in [-0.1, -0.05) is 0 Å². The van der Waals surface area contributed by atoms with Crippen LogP contribution >= 0.6 is 0 Å². The Kier molecular flexibility index (Phi) is 3.61. The van der Waals surface area contributed by atoms with Crippen LogP contribution in [0.25, 0.3) is 0 Å². The third-order valence-corrected chi connectivity index (χ3v) is 4.24. The van der Waals surface area contributed by atoms with Crippen molar-refractivity contribution in [2.24, 2.45) is 0 Å². The molecule has 3 heterocycles. The molecule has 0 amide bonds. The lowest BCUT2D eigenvalue weighted by molar-refractivity contribution is 0.415. The molecule has 0 spiro atoms. The molecule has 2 aromatic rings. The zero-order valence-electron chi connectivity index (χ0n) is 13.2. The van der Waals surface area contributed by atoms with Crippen LogP contribution in [0.2, 0.25) is 0 Å². The summed E-state index contributed by atoms with van der Waals surface area (Å²) in [5.74, 6) is 2.95. The molecule has 0 saturated carbocycles. The Hall–Kier alpha value is -2.57. The van der Waals surface area contributed by atoms with E-state index < -0.39 is 0 Å². The maximum absolute atomic E-state index is 5.18. The summed E-state index contributed by atoms with van der Waals surface area (Å²) in [4.78, 5) is 18.1. The molecule has 2 aliphatic rings. The van der Waals surface area contributed by atoms with Gasteiger partial charge >= 0.3 is 0 Å². The molecular formula is C16H20N6O. The second-order valence-electron chi connectivity index (χ2n) is 5.79. The van der Waals surface area contributed by atoms with Crippen molar-refractivity contribution in [1.82, 2.24) is 15.0 Å². The zero-order valence-corrected chi connectivity index (χ0v) is 13.2. The SMILES string of the molecule is COc1ccc(Nc2nc(N3CCC3)nc(N3CCC3)n2)cc1. The quantitative estimate of drug-likeness (QED) is 0.906. The Morgan fingerprint density at radius 1 is 0.870 bits per heavy atom. The molecule has 4 rings (SSSR count). The second kappa shape index (κ2) is 5.91. The molecular weight excluding hydrogens is 292 g/mol. The van der Waals surface area contributed by atoms with Gasteiger partial charge in [0.1, 0.15) is 5.75 Å². The predicted octanol–water partition coefficient (Wildman–Crippen LogP) is 2.04. The van der Waals surface area contributed by atoms with Gasteiger partial charge in [0.15, 0.2) is 0 Å². The molecule has 0 radical (unpaired) electrons. The molecule has 120 valence electrons. The molecule has 7 heteroatoms. The molecule has 1 aromatic heterocycles. The first-order chi connectivity index (χ1) is 11.3. The van der Waals surface area contributed by atoms with Crippen LogP contribution in [-0.4, -0.2) is 48.2 Å². The monoisotopic (exact) mass is 312 g/mol. The van der Waals surface area contributed by atoms with Crippen molar-refractivity contribution in [3.8, 4) is 5.75 Å². The number of benzene rings is 1. The Labute approximate surface area is 135 Å². The van der Waals surface area contributed by atoms with Gasteiger partial charge in [0, 0.05) is 31.9 Å². The number of methoxy groups -OCH3 is 1. The van der Waals surface area contributed by atoms with Crippen LogP contribution in [0.4, 0.5) is 23.5 Å². The van der Waals surface area contributed by atoms with Crippen LogP contribution < -0.4 is 19.9 Å². The number of ether oxygens (including phenoxy) is 1. The Morgan fingerprint density at radius 3 is 1.87 bits per heavy atom. The van der Waals surface area contributed by atoms with Crippen molar-refractivity contribution in [2.45, 2.75) is 12.8 Å². The highest BCUT2D eigenvalue weighted by atomic mass is 16.5. The van der Waals surface area contributed by atoms with E-state index in [1.54, 1.807) is 7.11 Å². The Bertz CT molecular complexity index is 649. The maximum Gasteiger partial charge on any atom is 0.233 e. The standard InChI is InChI=1S/C16H20N6O/c1-23-13-6-4-12(5-7-13)17-14-18-15(21-8-2-9-21)20-16(19-14)22-10-3-11-22/h4-7H,2-3,8-11H2,1H3,(H,17,18,19,20). The fraction of sp³-hybridized carbons (Fsp3) is 0.438.